The molecule has 0 saturated carbocycles. The summed E-state index contributed by atoms with van der Waals surface area (Å²) in [6.45, 7) is 1.91. The second kappa shape index (κ2) is 5.52. The summed E-state index contributed by atoms with van der Waals surface area (Å²) in [5, 5.41) is 2.86. The molecule has 1 aromatic heterocycles. The topological polar surface area (TPSA) is 36.2 Å². The Kier molecular flexibility index (Phi) is 3.80. The molecule has 0 saturated heterocycles. The second-order valence-electron chi connectivity index (χ2n) is 4.59. The maximum Gasteiger partial charge on any atom is 0.501 e. The van der Waals surface area contributed by atoms with Crippen LogP contribution in [0.25, 0.3) is 0 Å². The second-order valence-corrected chi connectivity index (χ2v) is 4.59. The number of para-hydroxylation sites is 1. The van der Waals surface area contributed by atoms with E-state index in [4.69, 9.17) is 0 Å². The third-order valence-electron chi connectivity index (χ3n) is 2.89. The highest BCUT2D eigenvalue weighted by atomic mass is 16.2. The molecule has 2 rings (SSSR count). The van der Waals surface area contributed by atoms with Gasteiger partial charge in [0.25, 0.3) is 0 Å². The highest BCUT2D eigenvalue weighted by molar-refractivity contribution is 5.82. The maximum absolute atomic E-state index is 12.2. The first-order valence-corrected chi connectivity index (χ1v) is 6.14. The molecular weight excluding hydrogens is 238 g/mol. The highest BCUT2D eigenvalue weighted by Gasteiger charge is 2.16. The number of anilines is 2. The van der Waals surface area contributed by atoms with Gasteiger partial charge in [-0.2, -0.15) is 9.36 Å². The van der Waals surface area contributed by atoms with Gasteiger partial charge < -0.3 is 4.90 Å². The first-order chi connectivity index (χ1) is 9.08. The van der Waals surface area contributed by atoms with Crippen LogP contribution in [0.15, 0.2) is 48.7 Å². The summed E-state index contributed by atoms with van der Waals surface area (Å²) in [5.41, 5.74) is 2.75. The van der Waals surface area contributed by atoms with Crippen molar-refractivity contribution in [3.8, 4) is 0 Å². The lowest BCUT2D eigenvalue weighted by Crippen LogP contribution is -2.48. The summed E-state index contributed by atoms with van der Waals surface area (Å²) in [6.07, 6.45) is 1.78. The van der Waals surface area contributed by atoms with Crippen molar-refractivity contribution in [2.75, 3.05) is 24.3 Å². The van der Waals surface area contributed by atoms with E-state index in [0.29, 0.717) is 0 Å². The number of pyridine rings is 1. The number of nitrogens with zero attached hydrogens (tertiary/aromatic N) is 2. The van der Waals surface area contributed by atoms with Gasteiger partial charge in [-0.25, -0.2) is 5.32 Å². The number of carbonyl (C=O) groups excluding carboxylic acids is 1. The third kappa shape index (κ3) is 3.10. The molecule has 0 radical (unpaired) electrons. The number of hydrogen-bond donors (Lipinski definition) is 1. The minimum Gasteiger partial charge on any atom is -0.377 e. The van der Waals surface area contributed by atoms with E-state index in [0.717, 1.165) is 17.1 Å². The van der Waals surface area contributed by atoms with E-state index in [2.05, 4.69) is 5.32 Å². The van der Waals surface area contributed by atoms with Crippen molar-refractivity contribution in [2.45, 2.75) is 6.92 Å². The number of carbonyl (C=O) groups is 1. The van der Waals surface area contributed by atoms with Crippen LogP contribution < -0.4 is 14.8 Å². The number of amides is 1. The summed E-state index contributed by atoms with van der Waals surface area (Å²) >= 11 is 0. The molecule has 1 heterocycles. The standard InChI is InChI=1S/C15H17N3O/c1-12-11-14(17(2)3)9-10-18(12)15(19)16-13-7-5-4-6-8-13/h4-11H,1-3H3/p+1. The van der Waals surface area contributed by atoms with Crippen LogP contribution in [0.1, 0.15) is 5.69 Å². The summed E-state index contributed by atoms with van der Waals surface area (Å²) in [4.78, 5) is 14.2. The molecule has 0 unspecified atom stereocenters. The minimum absolute atomic E-state index is 0.158. The fourth-order valence-electron chi connectivity index (χ4n) is 1.81. The normalized spacial score (nSPS) is 10.1. The molecular formula is C15H18N3O+. The van der Waals surface area contributed by atoms with Gasteiger partial charge in [0.15, 0.2) is 0 Å². The van der Waals surface area contributed by atoms with E-state index in [1.165, 1.54) is 0 Å². The Morgan fingerprint density at radius 1 is 1.16 bits per heavy atom. The SMILES string of the molecule is Cc1cc(N(C)C)cc[n+]1C(=O)Nc1ccccc1. The summed E-state index contributed by atoms with van der Waals surface area (Å²) in [6, 6.07) is 13.2. The van der Waals surface area contributed by atoms with Gasteiger partial charge in [0.1, 0.15) is 17.6 Å². The van der Waals surface area contributed by atoms with Crippen LogP contribution in [0.4, 0.5) is 16.2 Å². The highest BCUT2D eigenvalue weighted by Crippen LogP contribution is 2.10. The summed E-state index contributed by atoms with van der Waals surface area (Å²) < 4.78 is 1.60. The van der Waals surface area contributed by atoms with Gasteiger partial charge in [0, 0.05) is 31.9 Å². The fourth-order valence-corrected chi connectivity index (χ4v) is 1.81. The van der Waals surface area contributed by atoms with E-state index >= 15 is 0 Å². The monoisotopic (exact) mass is 256 g/mol. The Balaban J connectivity index is 2.20. The van der Waals surface area contributed by atoms with Crippen molar-refractivity contribution >= 4 is 17.4 Å². The number of nitrogens with one attached hydrogen (secondary N) is 1. The van der Waals surface area contributed by atoms with Gasteiger partial charge in [0.2, 0.25) is 0 Å². The molecule has 19 heavy (non-hydrogen) atoms. The summed E-state index contributed by atoms with van der Waals surface area (Å²) in [7, 11) is 3.95. The molecule has 0 aliphatic heterocycles. The van der Waals surface area contributed by atoms with Crippen LogP contribution in [0.5, 0.6) is 0 Å². The molecule has 4 nitrogen and oxygen atoms in total. The minimum atomic E-state index is -0.158. The van der Waals surface area contributed by atoms with Gasteiger partial charge in [-0.15, -0.1) is 0 Å². The van der Waals surface area contributed by atoms with Crippen molar-refractivity contribution in [1.82, 2.24) is 0 Å². The molecule has 0 aliphatic carbocycles. The average molecular weight is 256 g/mol. The van der Waals surface area contributed by atoms with Crippen molar-refractivity contribution in [1.29, 1.82) is 0 Å². The van der Waals surface area contributed by atoms with Gasteiger partial charge in [-0.3, -0.25) is 0 Å². The van der Waals surface area contributed by atoms with Crippen molar-refractivity contribution in [3.63, 3.8) is 0 Å². The molecule has 4 heteroatoms. The molecule has 0 spiro atoms. The lowest BCUT2D eigenvalue weighted by atomic mass is 10.3. The predicted molar refractivity (Wildman–Crippen MR) is 76.6 cm³/mol. The predicted octanol–water partition coefficient (Wildman–Crippen LogP) is 2.43. The number of aromatic nitrogens is 1. The Morgan fingerprint density at radius 3 is 2.42 bits per heavy atom. The molecule has 0 aliphatic rings. The van der Waals surface area contributed by atoms with E-state index in [9.17, 15) is 4.79 Å². The first kappa shape index (κ1) is 13.1. The molecule has 1 N–H and O–H groups in total. The lowest BCUT2D eigenvalue weighted by molar-refractivity contribution is -0.574. The van der Waals surface area contributed by atoms with Crippen molar-refractivity contribution < 1.29 is 9.36 Å². The van der Waals surface area contributed by atoms with Crippen LogP contribution in [0, 0.1) is 6.92 Å². The van der Waals surface area contributed by atoms with Gasteiger partial charge in [-0.1, -0.05) is 18.2 Å². The van der Waals surface area contributed by atoms with E-state index in [1.807, 2.05) is 68.4 Å². The largest absolute Gasteiger partial charge is 0.501 e. The zero-order chi connectivity index (χ0) is 13.8. The molecule has 2 aromatic rings. The van der Waals surface area contributed by atoms with Crippen LogP contribution >= 0.6 is 0 Å². The quantitative estimate of drug-likeness (QED) is 0.838. The van der Waals surface area contributed by atoms with Gasteiger partial charge in [-0.05, 0) is 19.1 Å². The van der Waals surface area contributed by atoms with E-state index < -0.39 is 0 Å². The number of hydrogen-bond acceptors (Lipinski definition) is 2. The number of aryl methyl sites for hydroxylation is 1. The Labute approximate surface area is 113 Å². The maximum atomic E-state index is 12.2. The Morgan fingerprint density at radius 2 is 1.84 bits per heavy atom. The zero-order valence-corrected chi connectivity index (χ0v) is 11.4. The molecule has 0 bridgehead atoms. The Bertz CT molecular complexity index is 579. The van der Waals surface area contributed by atoms with Crippen LogP contribution in [-0.2, 0) is 0 Å². The van der Waals surface area contributed by atoms with Crippen LogP contribution in [0.2, 0.25) is 0 Å². The molecule has 98 valence electrons. The summed E-state index contributed by atoms with van der Waals surface area (Å²) in [5.74, 6) is 0. The van der Waals surface area contributed by atoms with Crippen molar-refractivity contribution in [3.05, 3.63) is 54.4 Å². The molecule has 0 fully saturated rings. The molecule has 1 aromatic carbocycles. The zero-order valence-electron chi connectivity index (χ0n) is 11.4. The van der Waals surface area contributed by atoms with Gasteiger partial charge >= 0.3 is 6.03 Å². The van der Waals surface area contributed by atoms with E-state index in [-0.39, 0.29) is 6.03 Å². The Hall–Kier alpha value is -2.36. The number of benzene rings is 1. The third-order valence-corrected chi connectivity index (χ3v) is 2.89. The van der Waals surface area contributed by atoms with Gasteiger partial charge in [0.05, 0.1) is 0 Å². The molecule has 1 amide bonds. The smallest absolute Gasteiger partial charge is 0.377 e. The fraction of sp³-hybridized carbons (Fsp3) is 0.200. The molecule has 0 atom stereocenters. The lowest BCUT2D eigenvalue weighted by Gasteiger charge is -2.12. The van der Waals surface area contributed by atoms with Crippen LogP contribution in [-0.4, -0.2) is 20.1 Å². The average Bonchev–Trinajstić information content (AvgIpc) is 2.39. The van der Waals surface area contributed by atoms with E-state index in [1.54, 1.807) is 10.8 Å². The number of rotatable bonds is 2. The van der Waals surface area contributed by atoms with Crippen LogP contribution in [0.3, 0.4) is 0 Å². The first-order valence-electron chi connectivity index (χ1n) is 6.14. The van der Waals surface area contributed by atoms with Crippen molar-refractivity contribution in [2.24, 2.45) is 0 Å².